The number of nitrogens with zero attached hydrogens (tertiary/aromatic N) is 2. The number of hydrogen-bond acceptors (Lipinski definition) is 7. The Hall–Kier alpha value is -4.32. The third kappa shape index (κ3) is 6.70. The molecule has 2 N–H and O–H groups in total. The molecule has 0 aromatic heterocycles. The molecule has 2 saturated heterocycles. The van der Waals surface area contributed by atoms with Crippen LogP contribution in [0.4, 0.5) is 5.69 Å². The second kappa shape index (κ2) is 15.3. The molecule has 3 aromatic rings. The molecule has 1 spiro atoms. The number of cyclic esters (lactones) is 1. The fourth-order valence-corrected chi connectivity index (χ4v) is 9.02. The van der Waals surface area contributed by atoms with Gasteiger partial charge in [-0.2, -0.15) is 0 Å². The lowest BCUT2D eigenvalue weighted by Gasteiger charge is -2.36. The van der Waals surface area contributed by atoms with Crippen molar-refractivity contribution in [1.82, 2.24) is 10.2 Å². The van der Waals surface area contributed by atoms with Gasteiger partial charge in [0.1, 0.15) is 29.8 Å². The number of nitrogens with one attached hydrogen (secondary N) is 1. The van der Waals surface area contributed by atoms with Crippen LogP contribution in [-0.4, -0.2) is 77.2 Å². The number of unbranched alkanes of at least 4 members (excludes halogenated alkanes) is 3. The maximum atomic E-state index is 15.2. The number of fused-ring (bicyclic) bond motifs is 3. The van der Waals surface area contributed by atoms with Crippen LogP contribution in [0.15, 0.2) is 95.5 Å². The van der Waals surface area contributed by atoms with Gasteiger partial charge in [-0.1, -0.05) is 102 Å². The van der Waals surface area contributed by atoms with Crippen molar-refractivity contribution in [3.63, 3.8) is 0 Å². The van der Waals surface area contributed by atoms with Gasteiger partial charge in [-0.25, -0.2) is 0 Å². The van der Waals surface area contributed by atoms with Crippen molar-refractivity contribution in [3.05, 3.63) is 101 Å². The number of anilines is 1. The first-order chi connectivity index (χ1) is 25.2. The number of esters is 1. The molecule has 7 atom stereocenters. The number of amides is 3. The lowest BCUT2D eigenvalue weighted by molar-refractivity contribution is -0.161. The third-order valence-corrected chi connectivity index (χ3v) is 11.4. The summed E-state index contributed by atoms with van der Waals surface area (Å²) in [7, 11) is 0. The number of allylic oxidation sites excluding steroid dienone is 1. The molecular weight excluding hydrogens is 726 g/mol. The molecule has 272 valence electrons. The Balaban J connectivity index is 1.32. The molecule has 4 aliphatic heterocycles. The van der Waals surface area contributed by atoms with E-state index in [9.17, 15) is 19.5 Å². The van der Waals surface area contributed by atoms with Crippen molar-refractivity contribution < 1.29 is 33.8 Å². The van der Waals surface area contributed by atoms with E-state index in [4.69, 9.17) is 9.47 Å². The van der Waals surface area contributed by atoms with Crippen molar-refractivity contribution >= 4 is 56.1 Å². The number of aliphatic hydroxyl groups excluding tert-OH is 1. The zero-order valence-corrected chi connectivity index (χ0v) is 30.7. The number of benzene rings is 3. The summed E-state index contributed by atoms with van der Waals surface area (Å²) in [6, 6.07) is 21.4. The Kier molecular flexibility index (Phi) is 10.6. The Morgan fingerprint density at radius 3 is 2.42 bits per heavy atom. The Morgan fingerprint density at radius 2 is 1.63 bits per heavy atom. The summed E-state index contributed by atoms with van der Waals surface area (Å²) in [4.78, 5) is 60.8. The number of rotatable bonds is 8. The quantitative estimate of drug-likeness (QED) is 0.170. The minimum Gasteiger partial charge on any atom is -0.455 e. The van der Waals surface area contributed by atoms with Crippen LogP contribution in [0, 0.1) is 11.8 Å². The number of halogens is 1. The number of carbonyl (C=O) groups excluding carboxylic acids is 4. The molecule has 4 heterocycles. The van der Waals surface area contributed by atoms with Gasteiger partial charge in [0.2, 0.25) is 11.8 Å². The van der Waals surface area contributed by atoms with Crippen molar-refractivity contribution in [2.45, 2.75) is 75.3 Å². The highest BCUT2D eigenvalue weighted by Crippen LogP contribution is 2.59. The summed E-state index contributed by atoms with van der Waals surface area (Å²) >= 11 is 3.65. The average molecular weight is 771 g/mol. The Morgan fingerprint density at radius 1 is 0.885 bits per heavy atom. The topological polar surface area (TPSA) is 125 Å². The van der Waals surface area contributed by atoms with Gasteiger partial charge < -0.3 is 29.7 Å². The highest BCUT2D eigenvalue weighted by atomic mass is 79.9. The molecule has 0 unspecified atom stereocenters. The molecule has 5 bridgehead atoms. The molecule has 0 aliphatic carbocycles. The third-order valence-electron chi connectivity index (χ3n) is 10.8. The molecule has 7 rings (SSSR count). The van der Waals surface area contributed by atoms with Gasteiger partial charge >= 0.3 is 5.97 Å². The van der Waals surface area contributed by atoms with Crippen molar-refractivity contribution in [2.24, 2.45) is 11.8 Å². The largest absolute Gasteiger partial charge is 0.455 e. The maximum Gasteiger partial charge on any atom is 0.313 e. The van der Waals surface area contributed by atoms with Gasteiger partial charge in [0, 0.05) is 36.3 Å². The van der Waals surface area contributed by atoms with Crippen LogP contribution in [0.25, 0.3) is 10.8 Å². The zero-order chi connectivity index (χ0) is 36.4. The summed E-state index contributed by atoms with van der Waals surface area (Å²) in [5.74, 6) is -3.50. The van der Waals surface area contributed by atoms with Crippen LogP contribution in [0.5, 0.6) is 0 Å². The number of hydrogen-bond donors (Lipinski definition) is 2. The smallest absolute Gasteiger partial charge is 0.313 e. The highest BCUT2D eigenvalue weighted by Gasteiger charge is 2.75. The van der Waals surface area contributed by atoms with Crippen molar-refractivity contribution in [1.29, 1.82) is 0 Å². The molecule has 4 aliphatic rings. The first-order valence-corrected chi connectivity index (χ1v) is 19.0. The summed E-state index contributed by atoms with van der Waals surface area (Å²) in [5.41, 5.74) is -0.0529. The van der Waals surface area contributed by atoms with Crippen LogP contribution >= 0.6 is 15.9 Å². The van der Waals surface area contributed by atoms with Gasteiger partial charge in [0.15, 0.2) is 0 Å². The van der Waals surface area contributed by atoms with E-state index in [0.29, 0.717) is 35.0 Å². The van der Waals surface area contributed by atoms with Crippen LogP contribution in [0.1, 0.15) is 57.1 Å². The number of ether oxygens (including phenoxy) is 2. The molecule has 52 heavy (non-hydrogen) atoms. The van der Waals surface area contributed by atoms with Crippen molar-refractivity contribution in [3.8, 4) is 0 Å². The summed E-state index contributed by atoms with van der Waals surface area (Å²) in [6.07, 6.45) is 7.40. The number of aliphatic hydroxyl groups is 1. The SMILES string of the molecule is C[C@@H]1NC(=O)CC/C=C\CN(c2ccc3ccccc3c2)C(=O)[C@H]2N(CCCCCCO)C(=O)[C@@H]3[C@@H](C(=O)O[C@H]1c1ccccc1)[C@@H]1O[C@@]32C=C1Br. The normalized spacial score (nSPS) is 29.9. The molecule has 3 amide bonds. The summed E-state index contributed by atoms with van der Waals surface area (Å²) < 4.78 is 13.6. The van der Waals surface area contributed by atoms with Crippen LogP contribution < -0.4 is 10.2 Å². The zero-order valence-electron chi connectivity index (χ0n) is 29.2. The van der Waals surface area contributed by atoms with E-state index in [0.717, 1.165) is 23.6 Å². The van der Waals surface area contributed by atoms with E-state index in [1.54, 1.807) is 16.7 Å². The second-order valence-corrected chi connectivity index (χ2v) is 15.0. The Labute approximate surface area is 311 Å². The Bertz CT molecular complexity index is 1900. The first kappa shape index (κ1) is 36.1. The van der Waals surface area contributed by atoms with E-state index in [2.05, 4.69) is 21.2 Å². The van der Waals surface area contributed by atoms with E-state index < -0.39 is 47.7 Å². The lowest BCUT2D eigenvalue weighted by atomic mass is 9.74. The molecule has 2 fully saturated rings. The molecule has 10 nitrogen and oxygen atoms in total. The molecule has 0 saturated carbocycles. The second-order valence-electron chi connectivity index (χ2n) is 14.1. The van der Waals surface area contributed by atoms with Crippen molar-refractivity contribution in [2.75, 3.05) is 24.6 Å². The van der Waals surface area contributed by atoms with Crippen LogP contribution in [-0.2, 0) is 28.7 Å². The minimum absolute atomic E-state index is 0.0906. The molecular formula is C41H44BrN3O7. The number of likely N-dealkylation sites (tertiary alicyclic amines) is 1. The first-order valence-electron chi connectivity index (χ1n) is 18.2. The van der Waals surface area contributed by atoms with Gasteiger partial charge in [0.05, 0.1) is 12.0 Å². The van der Waals surface area contributed by atoms with E-state index in [1.807, 2.05) is 91.0 Å². The highest BCUT2D eigenvalue weighted by molar-refractivity contribution is 9.11. The van der Waals surface area contributed by atoms with E-state index >= 15 is 4.79 Å². The van der Waals surface area contributed by atoms with Gasteiger partial charge in [-0.15, -0.1) is 0 Å². The molecule has 3 aromatic carbocycles. The fraction of sp³-hybridized carbons (Fsp3) is 0.415. The number of carbonyl (C=O) groups is 4. The maximum absolute atomic E-state index is 15.2. The van der Waals surface area contributed by atoms with E-state index in [1.165, 1.54) is 0 Å². The predicted octanol–water partition coefficient (Wildman–Crippen LogP) is 5.74. The van der Waals surface area contributed by atoms with E-state index in [-0.39, 0.29) is 43.8 Å². The average Bonchev–Trinajstić information content (AvgIpc) is 3.74. The van der Waals surface area contributed by atoms with Gasteiger partial charge in [0.25, 0.3) is 5.91 Å². The van der Waals surface area contributed by atoms with Gasteiger partial charge in [-0.05, 0) is 60.7 Å². The molecule has 11 heteroatoms. The fourth-order valence-electron chi connectivity index (χ4n) is 8.29. The lowest BCUT2D eigenvalue weighted by Crippen LogP contribution is -2.56. The van der Waals surface area contributed by atoms with Gasteiger partial charge in [-0.3, -0.25) is 19.2 Å². The summed E-state index contributed by atoms with van der Waals surface area (Å²) in [6.45, 7) is 2.38. The molecule has 0 radical (unpaired) electrons. The van der Waals surface area contributed by atoms with Crippen LogP contribution in [0.2, 0.25) is 0 Å². The monoisotopic (exact) mass is 769 g/mol. The summed E-state index contributed by atoms with van der Waals surface area (Å²) in [5, 5.41) is 14.3. The standard InChI is InChI=1S/C41H44BrN3O7/c1-26-35(28-15-6-4-7-16-28)51-40(50)33-34-38(48)45(22-11-2-3-13-23-46)37(41(34)25-31(42)36(33)52-41)39(49)44(21-12-5-8-18-32(47)43-26)30-20-19-27-14-9-10-17-29(27)24-30/h4-7,9-10,12,14-17,19-20,24-26,33-37,46H,2-3,8,11,13,18,21-23H2,1H3,(H,43,47)/b12-5-/t26-,33+,34-,35+,36+,37+,41-/m0/s1. The van der Waals surface area contributed by atoms with Crippen LogP contribution in [0.3, 0.4) is 0 Å². The predicted molar refractivity (Wildman–Crippen MR) is 200 cm³/mol. The minimum atomic E-state index is -1.42.